The second-order valence-electron chi connectivity index (χ2n) is 4.88. The van der Waals surface area contributed by atoms with Gasteiger partial charge in [0, 0.05) is 16.0 Å². The maximum atomic E-state index is 12.1. The van der Waals surface area contributed by atoms with Crippen molar-refractivity contribution in [3.63, 3.8) is 0 Å². The zero-order valence-electron chi connectivity index (χ0n) is 12.1. The molecule has 0 spiro atoms. The minimum Gasteiger partial charge on any atom is -0.267 e. The van der Waals surface area contributed by atoms with Gasteiger partial charge in [-0.1, -0.05) is 53.0 Å². The maximum absolute atomic E-state index is 12.1. The van der Waals surface area contributed by atoms with Crippen molar-refractivity contribution >= 4 is 57.8 Å². The van der Waals surface area contributed by atoms with Gasteiger partial charge in [-0.25, -0.2) is 10.4 Å². The van der Waals surface area contributed by atoms with Crippen LogP contribution in [0.15, 0.2) is 53.6 Å². The van der Waals surface area contributed by atoms with Gasteiger partial charge in [0.15, 0.2) is 0 Å². The van der Waals surface area contributed by atoms with Gasteiger partial charge in [-0.15, -0.1) is 0 Å². The first-order valence-corrected chi connectivity index (χ1v) is 8.02. The van der Waals surface area contributed by atoms with Gasteiger partial charge < -0.3 is 0 Å². The van der Waals surface area contributed by atoms with E-state index in [0.717, 1.165) is 10.9 Å². The van der Waals surface area contributed by atoms with Crippen molar-refractivity contribution < 1.29 is 4.79 Å². The summed E-state index contributed by atoms with van der Waals surface area (Å²) >= 11 is 17.9. The molecule has 0 aliphatic rings. The van der Waals surface area contributed by atoms with E-state index >= 15 is 0 Å². The molecular weight excluding hydrogens is 369 g/mol. The lowest BCUT2D eigenvalue weighted by Gasteiger charge is -2.04. The quantitative estimate of drug-likeness (QED) is 0.398. The molecule has 0 unspecified atom stereocenters. The lowest BCUT2D eigenvalue weighted by atomic mass is 10.2. The highest BCUT2D eigenvalue weighted by Crippen LogP contribution is 2.21. The number of para-hydroxylation sites is 1. The van der Waals surface area contributed by atoms with Crippen LogP contribution in [0.2, 0.25) is 15.2 Å². The minimum absolute atomic E-state index is 0.251. The summed E-state index contributed by atoms with van der Waals surface area (Å²) in [7, 11) is 0. The average molecular weight is 379 g/mol. The Bertz CT molecular complexity index is 957. The first-order chi connectivity index (χ1) is 11.5. The minimum atomic E-state index is -0.446. The molecule has 3 aromatic rings. The molecule has 7 heteroatoms. The maximum Gasteiger partial charge on any atom is 0.272 e. The van der Waals surface area contributed by atoms with Crippen molar-refractivity contribution in [3.8, 4) is 0 Å². The van der Waals surface area contributed by atoms with Crippen molar-refractivity contribution in [3.05, 3.63) is 74.9 Å². The fourth-order valence-electron chi connectivity index (χ4n) is 2.09. The smallest absolute Gasteiger partial charge is 0.267 e. The summed E-state index contributed by atoms with van der Waals surface area (Å²) in [5, 5.41) is 5.84. The van der Waals surface area contributed by atoms with Crippen LogP contribution in [0.4, 0.5) is 0 Å². The van der Waals surface area contributed by atoms with Crippen LogP contribution in [0.5, 0.6) is 0 Å². The van der Waals surface area contributed by atoms with Crippen LogP contribution in [0, 0.1) is 0 Å². The number of pyridine rings is 1. The zero-order valence-corrected chi connectivity index (χ0v) is 14.4. The van der Waals surface area contributed by atoms with E-state index in [0.29, 0.717) is 15.7 Å². The Hall–Kier alpha value is -2.14. The molecule has 1 aromatic heterocycles. The second kappa shape index (κ2) is 7.18. The molecule has 0 saturated carbocycles. The van der Waals surface area contributed by atoms with Crippen molar-refractivity contribution in [2.75, 3.05) is 0 Å². The van der Waals surface area contributed by atoms with E-state index in [1.54, 1.807) is 6.07 Å². The van der Waals surface area contributed by atoms with Crippen LogP contribution in [0.25, 0.3) is 10.9 Å². The summed E-state index contributed by atoms with van der Waals surface area (Å²) in [5.41, 5.74) is 4.06. The van der Waals surface area contributed by atoms with Crippen LogP contribution in [0.3, 0.4) is 0 Å². The van der Waals surface area contributed by atoms with Crippen molar-refractivity contribution in [2.45, 2.75) is 0 Å². The number of halogens is 3. The predicted molar refractivity (Wildman–Crippen MR) is 98.3 cm³/mol. The largest absolute Gasteiger partial charge is 0.272 e. The first-order valence-electron chi connectivity index (χ1n) is 6.88. The number of carbonyl (C=O) groups excluding carboxylic acids is 1. The number of benzene rings is 2. The van der Waals surface area contributed by atoms with Crippen molar-refractivity contribution in [1.29, 1.82) is 0 Å². The zero-order chi connectivity index (χ0) is 17.1. The third-order valence-electron chi connectivity index (χ3n) is 3.25. The molecule has 0 atom stereocenters. The van der Waals surface area contributed by atoms with Gasteiger partial charge in [-0.3, -0.25) is 4.79 Å². The molecule has 2 aromatic carbocycles. The molecular formula is C17H10Cl3N3O. The number of amides is 1. The number of nitrogens with zero attached hydrogens (tertiary/aromatic N) is 2. The number of rotatable bonds is 3. The van der Waals surface area contributed by atoms with Gasteiger partial charge in [0.25, 0.3) is 5.91 Å². The van der Waals surface area contributed by atoms with Gasteiger partial charge in [0.1, 0.15) is 5.15 Å². The fraction of sp³-hybridized carbons (Fsp3) is 0. The lowest BCUT2D eigenvalue weighted by molar-refractivity contribution is 0.0955. The molecule has 0 aliphatic carbocycles. The molecule has 4 nitrogen and oxygen atoms in total. The topological polar surface area (TPSA) is 54.4 Å². The molecule has 1 amide bonds. The van der Waals surface area contributed by atoms with E-state index in [9.17, 15) is 4.79 Å². The van der Waals surface area contributed by atoms with E-state index in [4.69, 9.17) is 34.8 Å². The number of hydrogen-bond acceptors (Lipinski definition) is 3. The Balaban J connectivity index is 1.78. The summed E-state index contributed by atoms with van der Waals surface area (Å²) in [6.45, 7) is 0. The van der Waals surface area contributed by atoms with Gasteiger partial charge in [-0.05, 0) is 30.3 Å². The summed E-state index contributed by atoms with van der Waals surface area (Å²) in [5.74, 6) is -0.446. The number of aromatic nitrogens is 1. The normalized spacial score (nSPS) is 11.1. The summed E-state index contributed by atoms with van der Waals surface area (Å²) in [6.07, 6.45) is 1.43. The number of nitrogens with one attached hydrogen (secondary N) is 1. The molecule has 0 aliphatic heterocycles. The van der Waals surface area contributed by atoms with Gasteiger partial charge in [0.05, 0.1) is 22.3 Å². The van der Waals surface area contributed by atoms with Crippen LogP contribution in [-0.2, 0) is 0 Å². The van der Waals surface area contributed by atoms with E-state index in [2.05, 4.69) is 15.5 Å². The fourth-order valence-corrected chi connectivity index (χ4v) is 2.78. The summed E-state index contributed by atoms with van der Waals surface area (Å²) in [6, 6.07) is 14.0. The SMILES string of the molecule is O=C(NN=Cc1cc2ccccc2nc1Cl)c1ccc(Cl)cc1Cl. The van der Waals surface area contributed by atoms with Crippen LogP contribution >= 0.6 is 34.8 Å². The van der Waals surface area contributed by atoms with Crippen molar-refractivity contribution in [2.24, 2.45) is 5.10 Å². The van der Waals surface area contributed by atoms with E-state index in [-0.39, 0.29) is 10.6 Å². The highest BCUT2D eigenvalue weighted by molar-refractivity contribution is 6.36. The van der Waals surface area contributed by atoms with Gasteiger partial charge in [-0.2, -0.15) is 5.10 Å². The molecule has 0 saturated heterocycles. The van der Waals surface area contributed by atoms with Gasteiger partial charge >= 0.3 is 0 Å². The number of hydrazone groups is 1. The molecule has 0 bridgehead atoms. The Morgan fingerprint density at radius 2 is 1.88 bits per heavy atom. The Kier molecular flexibility index (Phi) is 5.00. The predicted octanol–water partition coefficient (Wildman–Crippen LogP) is 4.96. The number of fused-ring (bicyclic) bond motifs is 1. The molecule has 0 radical (unpaired) electrons. The molecule has 120 valence electrons. The standard InChI is InChI=1S/C17H10Cl3N3O/c18-12-5-6-13(14(19)8-12)17(24)23-21-9-11-7-10-3-1-2-4-15(10)22-16(11)20/h1-9H,(H,23,24). The van der Waals surface area contributed by atoms with E-state index in [1.807, 2.05) is 30.3 Å². The second-order valence-corrected chi connectivity index (χ2v) is 6.09. The van der Waals surface area contributed by atoms with Crippen LogP contribution < -0.4 is 5.43 Å². The van der Waals surface area contributed by atoms with Crippen molar-refractivity contribution in [1.82, 2.24) is 10.4 Å². The highest BCUT2D eigenvalue weighted by Gasteiger charge is 2.10. The summed E-state index contributed by atoms with van der Waals surface area (Å²) < 4.78 is 0. The molecule has 3 rings (SSSR count). The van der Waals surface area contributed by atoms with E-state index in [1.165, 1.54) is 18.3 Å². The first kappa shape index (κ1) is 16.7. The lowest BCUT2D eigenvalue weighted by Crippen LogP contribution is -2.18. The Morgan fingerprint density at radius 1 is 1.08 bits per heavy atom. The molecule has 0 fully saturated rings. The molecule has 1 heterocycles. The Labute approximate surface area is 153 Å². The molecule has 1 N–H and O–H groups in total. The van der Waals surface area contributed by atoms with E-state index < -0.39 is 5.91 Å². The average Bonchev–Trinajstić information content (AvgIpc) is 2.55. The number of carbonyl (C=O) groups is 1. The monoisotopic (exact) mass is 377 g/mol. The van der Waals surface area contributed by atoms with Gasteiger partial charge in [0.2, 0.25) is 0 Å². The van der Waals surface area contributed by atoms with Crippen LogP contribution in [0.1, 0.15) is 15.9 Å². The summed E-state index contributed by atoms with van der Waals surface area (Å²) in [4.78, 5) is 16.3. The highest BCUT2D eigenvalue weighted by atomic mass is 35.5. The van der Waals surface area contributed by atoms with Crippen LogP contribution in [-0.4, -0.2) is 17.1 Å². The Morgan fingerprint density at radius 3 is 2.67 bits per heavy atom. The number of hydrogen-bond donors (Lipinski definition) is 1. The third kappa shape index (κ3) is 3.67. The molecule has 24 heavy (non-hydrogen) atoms. The third-order valence-corrected chi connectivity index (χ3v) is 4.10.